The molecule has 4 heterocycles. The summed E-state index contributed by atoms with van der Waals surface area (Å²) in [6.45, 7) is 11.4. The monoisotopic (exact) mass is 956 g/mol. The van der Waals surface area contributed by atoms with Gasteiger partial charge in [0.05, 0.1) is 40.0 Å². The van der Waals surface area contributed by atoms with Crippen molar-refractivity contribution in [2.75, 3.05) is 45.9 Å². The number of carbonyl (C=O) groups is 5. The van der Waals surface area contributed by atoms with Gasteiger partial charge in [0.2, 0.25) is 0 Å². The Morgan fingerprint density at radius 3 is 2.36 bits per heavy atom. The number of carboxylic acids is 1. The van der Waals surface area contributed by atoms with Crippen molar-refractivity contribution >= 4 is 73.7 Å². The third-order valence-corrected chi connectivity index (χ3v) is 13.4. The lowest BCUT2D eigenvalue weighted by Crippen LogP contribution is -2.50. The first-order chi connectivity index (χ1) is 33.1. The molecule has 16 nitrogen and oxygen atoms in total. The Bertz CT molecular complexity index is 3120. The van der Waals surface area contributed by atoms with Gasteiger partial charge in [0.25, 0.3) is 11.8 Å². The van der Waals surface area contributed by atoms with Crippen molar-refractivity contribution in [2.45, 2.75) is 72.9 Å². The molecule has 0 radical (unpaired) electrons. The molecule has 1 unspecified atom stereocenters. The average molecular weight is 958 g/mol. The first-order valence-electron chi connectivity index (χ1n) is 23.2. The molecule has 0 bridgehead atoms. The standard InChI is InChI=1S/C52H57ClN8O8/c1-30(62)16-19-42(33(4)63)56-51(65)40-27-36(28-43-48(40)55-34(5)54-43)69-29-45(64)60-23-20-59(21-24-60)22-25-61-49-39(17-18-41(53)47(49)46-31(2)57-58(6)32(46)3)38(50(61)52(66)67)14-10-26-68-44-15-9-12-35-11-7-8-13-37(35)44/h7-9,11-13,15,17-18,27-28,42H,10,14,16,19-26,29H2,1-6H3,(H,54,55)(H,56,65)(H,66,67). The second-order valence-corrected chi connectivity index (χ2v) is 18.2. The van der Waals surface area contributed by atoms with E-state index in [1.54, 1.807) is 17.9 Å². The lowest BCUT2D eigenvalue weighted by molar-refractivity contribution is -0.135. The molecular weight excluding hydrogens is 900 g/mol. The Balaban J connectivity index is 0.968. The van der Waals surface area contributed by atoms with E-state index in [4.69, 9.17) is 21.1 Å². The molecule has 0 aliphatic carbocycles. The van der Waals surface area contributed by atoms with Crippen LogP contribution >= 0.6 is 11.6 Å². The molecule has 8 rings (SSSR count). The number of hydrogen-bond acceptors (Lipinski definition) is 10. The number of Topliss-reactive ketones (excluding diaryl/α,β-unsaturated/α-hetero) is 2. The zero-order valence-electron chi connectivity index (χ0n) is 39.8. The second-order valence-electron chi connectivity index (χ2n) is 17.8. The van der Waals surface area contributed by atoms with E-state index in [0.717, 1.165) is 49.9 Å². The van der Waals surface area contributed by atoms with Crippen LogP contribution in [0.15, 0.2) is 66.7 Å². The number of benzene rings is 4. The number of aromatic carboxylic acids is 1. The summed E-state index contributed by atoms with van der Waals surface area (Å²) < 4.78 is 16.0. The molecule has 3 N–H and O–H groups in total. The van der Waals surface area contributed by atoms with Gasteiger partial charge in [0.1, 0.15) is 34.3 Å². The zero-order valence-corrected chi connectivity index (χ0v) is 40.5. The molecule has 69 heavy (non-hydrogen) atoms. The van der Waals surface area contributed by atoms with Crippen molar-refractivity contribution in [1.29, 1.82) is 0 Å². The molecule has 4 aromatic carbocycles. The molecule has 360 valence electrons. The summed E-state index contributed by atoms with van der Waals surface area (Å²) in [6.07, 6.45) is 1.35. The van der Waals surface area contributed by atoms with E-state index in [9.17, 15) is 29.1 Å². The maximum absolute atomic E-state index is 13.6. The van der Waals surface area contributed by atoms with Crippen molar-refractivity contribution in [3.05, 3.63) is 106 Å². The van der Waals surface area contributed by atoms with Crippen LogP contribution in [-0.4, -0.2) is 121 Å². The van der Waals surface area contributed by atoms with Gasteiger partial charge in [0, 0.05) is 86.4 Å². The first-order valence-corrected chi connectivity index (χ1v) is 23.6. The van der Waals surface area contributed by atoms with Crippen LogP contribution in [0.1, 0.15) is 76.7 Å². The van der Waals surface area contributed by atoms with Crippen LogP contribution in [0, 0.1) is 20.8 Å². The van der Waals surface area contributed by atoms with Crippen molar-refractivity contribution in [1.82, 2.24) is 39.4 Å². The van der Waals surface area contributed by atoms with E-state index in [0.29, 0.717) is 86.2 Å². The third kappa shape index (κ3) is 10.4. The summed E-state index contributed by atoms with van der Waals surface area (Å²) in [5.74, 6) is -0.562. The summed E-state index contributed by atoms with van der Waals surface area (Å²) in [7, 11) is 1.88. The number of fused-ring (bicyclic) bond motifs is 3. The van der Waals surface area contributed by atoms with E-state index in [1.165, 1.54) is 19.9 Å². The average Bonchev–Trinajstić information content (AvgIpc) is 3.95. The predicted octanol–water partition coefficient (Wildman–Crippen LogP) is 7.64. The van der Waals surface area contributed by atoms with Crippen LogP contribution in [0.3, 0.4) is 0 Å². The number of carbonyl (C=O) groups excluding carboxylic acids is 4. The van der Waals surface area contributed by atoms with Gasteiger partial charge in [-0.3, -0.25) is 24.0 Å². The van der Waals surface area contributed by atoms with Gasteiger partial charge in [-0.1, -0.05) is 54.1 Å². The van der Waals surface area contributed by atoms with E-state index in [-0.39, 0.29) is 53.9 Å². The number of rotatable bonds is 19. The molecule has 1 aliphatic rings. The van der Waals surface area contributed by atoms with Crippen LogP contribution in [-0.2, 0) is 34.4 Å². The van der Waals surface area contributed by atoms with Gasteiger partial charge in [-0.05, 0) is 83.0 Å². The number of H-pyrrole nitrogens is 1. The maximum atomic E-state index is 13.6. The first kappa shape index (κ1) is 48.4. The smallest absolute Gasteiger partial charge is 0.352 e. The molecule has 0 saturated carbocycles. The highest BCUT2D eigenvalue weighted by atomic mass is 35.5. The Morgan fingerprint density at radius 1 is 0.899 bits per heavy atom. The van der Waals surface area contributed by atoms with E-state index < -0.39 is 17.9 Å². The number of amides is 2. The van der Waals surface area contributed by atoms with Gasteiger partial charge in [-0.2, -0.15) is 5.10 Å². The Morgan fingerprint density at radius 2 is 1.65 bits per heavy atom. The van der Waals surface area contributed by atoms with Crippen LogP contribution < -0.4 is 14.8 Å². The minimum Gasteiger partial charge on any atom is -0.493 e. The number of ether oxygens (including phenoxy) is 2. The SMILES string of the molecule is CC(=O)CCC(NC(=O)c1cc(OCC(=O)N2CCN(CCn3c(C(=O)O)c(CCCOc4cccc5ccccc45)c4ccc(Cl)c(-c5c(C)nn(C)c5C)c43)CC2)cc2[nH]c(C)nc12)C(C)=O. The van der Waals surface area contributed by atoms with Crippen LogP contribution in [0.2, 0.25) is 5.02 Å². The number of piperazine rings is 1. The van der Waals surface area contributed by atoms with Crippen LogP contribution in [0.5, 0.6) is 11.5 Å². The predicted molar refractivity (Wildman–Crippen MR) is 265 cm³/mol. The molecule has 1 saturated heterocycles. The fraction of sp³-hybridized carbons (Fsp3) is 0.365. The van der Waals surface area contributed by atoms with Crippen molar-refractivity contribution in [3.63, 3.8) is 0 Å². The minimum absolute atomic E-state index is 0.0884. The van der Waals surface area contributed by atoms with Gasteiger partial charge in [-0.25, -0.2) is 9.78 Å². The molecule has 1 aliphatic heterocycles. The number of halogens is 1. The fourth-order valence-corrected chi connectivity index (χ4v) is 9.72. The largest absolute Gasteiger partial charge is 0.493 e. The van der Waals surface area contributed by atoms with E-state index in [2.05, 4.69) is 25.3 Å². The van der Waals surface area contributed by atoms with Crippen LogP contribution in [0.25, 0.3) is 43.8 Å². The number of ketones is 2. The van der Waals surface area contributed by atoms with E-state index in [1.807, 2.05) is 84.7 Å². The lowest BCUT2D eigenvalue weighted by Gasteiger charge is -2.34. The highest BCUT2D eigenvalue weighted by Gasteiger charge is 2.30. The highest BCUT2D eigenvalue weighted by Crippen LogP contribution is 2.42. The molecular formula is C52H57ClN8O8. The summed E-state index contributed by atoms with van der Waals surface area (Å²) >= 11 is 7.08. The topological polar surface area (TPSA) is 194 Å². The summed E-state index contributed by atoms with van der Waals surface area (Å²) in [6, 6.07) is 20.1. The molecule has 3 aromatic heterocycles. The molecule has 1 atom stereocenters. The van der Waals surface area contributed by atoms with Gasteiger partial charge < -0.3 is 39.1 Å². The van der Waals surface area contributed by atoms with Gasteiger partial charge >= 0.3 is 5.97 Å². The normalized spacial score (nSPS) is 13.6. The number of aromatic amines is 1. The molecule has 0 spiro atoms. The van der Waals surface area contributed by atoms with E-state index >= 15 is 0 Å². The molecule has 7 aromatic rings. The Labute approximate surface area is 404 Å². The second kappa shape index (κ2) is 20.7. The Hall–Kier alpha value is -7.04. The number of nitrogens with one attached hydrogen (secondary N) is 2. The quantitative estimate of drug-likeness (QED) is 0.0675. The number of hydrogen-bond donors (Lipinski definition) is 3. The Kier molecular flexibility index (Phi) is 14.5. The number of aryl methyl sites for hydroxylation is 4. The molecule has 17 heteroatoms. The highest BCUT2D eigenvalue weighted by molar-refractivity contribution is 6.35. The van der Waals surface area contributed by atoms with Gasteiger partial charge in [0.15, 0.2) is 12.4 Å². The fourth-order valence-electron chi connectivity index (χ4n) is 9.47. The van der Waals surface area contributed by atoms with Crippen molar-refractivity contribution in [3.8, 4) is 22.6 Å². The van der Waals surface area contributed by atoms with Crippen molar-refractivity contribution in [2.24, 2.45) is 7.05 Å². The summed E-state index contributed by atoms with van der Waals surface area (Å²) in [5.41, 5.74) is 6.05. The summed E-state index contributed by atoms with van der Waals surface area (Å²) in [5, 5.41) is 21.8. The summed E-state index contributed by atoms with van der Waals surface area (Å²) in [4.78, 5) is 76.0. The number of aromatic nitrogens is 5. The van der Waals surface area contributed by atoms with Crippen molar-refractivity contribution < 1.29 is 38.6 Å². The number of carboxylic acid groups (broad SMARTS) is 1. The molecule has 1 fully saturated rings. The third-order valence-electron chi connectivity index (χ3n) is 13.0. The zero-order chi connectivity index (χ0) is 49.1. The molecule has 2 amide bonds. The maximum Gasteiger partial charge on any atom is 0.352 e. The minimum atomic E-state index is -1.03. The number of nitrogens with zero attached hydrogens (tertiary/aromatic N) is 6. The van der Waals surface area contributed by atoms with Gasteiger partial charge in [-0.15, -0.1) is 0 Å². The lowest BCUT2D eigenvalue weighted by atomic mass is 9.98. The number of imidazole rings is 1. The van der Waals surface area contributed by atoms with Crippen LogP contribution in [0.4, 0.5) is 0 Å².